The van der Waals surface area contributed by atoms with Crippen molar-refractivity contribution >= 4 is 23.1 Å². The van der Waals surface area contributed by atoms with Crippen molar-refractivity contribution in [2.45, 2.75) is 17.9 Å². The summed E-state index contributed by atoms with van der Waals surface area (Å²) in [7, 11) is 0. The Bertz CT molecular complexity index is 599. The number of nitrogens with zero attached hydrogens (tertiary/aromatic N) is 1. The molecule has 5 heteroatoms. The fraction of sp³-hybridized carbons (Fsp3) is 0.200. The van der Waals surface area contributed by atoms with Gasteiger partial charge in [-0.3, -0.25) is 10.1 Å². The number of hydrogen-bond acceptors (Lipinski definition) is 4. The summed E-state index contributed by atoms with van der Waals surface area (Å²) >= 11 is 1.69. The van der Waals surface area contributed by atoms with Crippen molar-refractivity contribution < 1.29 is 4.92 Å². The minimum atomic E-state index is -0.384. The number of nitro benzene ring substituents is 1. The molecule has 2 aromatic carbocycles. The monoisotopic (exact) mass is 288 g/mol. The average molecular weight is 288 g/mol. The van der Waals surface area contributed by atoms with Gasteiger partial charge in [-0.25, -0.2) is 0 Å². The van der Waals surface area contributed by atoms with E-state index in [1.807, 2.05) is 31.4 Å². The molecule has 0 amide bonds. The molecule has 0 radical (unpaired) electrons. The maximum Gasteiger partial charge on any atom is 0.269 e. The second-order valence-corrected chi connectivity index (χ2v) is 5.26. The molecule has 0 heterocycles. The van der Waals surface area contributed by atoms with Crippen LogP contribution in [0.3, 0.4) is 0 Å². The second kappa shape index (κ2) is 6.43. The Morgan fingerprint density at radius 3 is 2.40 bits per heavy atom. The lowest BCUT2D eigenvalue weighted by atomic mass is 10.1. The third-order valence-electron chi connectivity index (χ3n) is 3.08. The molecule has 0 saturated carbocycles. The Hall–Kier alpha value is -2.01. The topological polar surface area (TPSA) is 55.2 Å². The predicted octanol–water partition coefficient (Wildman–Crippen LogP) is 4.49. The Morgan fingerprint density at radius 2 is 1.80 bits per heavy atom. The van der Waals surface area contributed by atoms with Gasteiger partial charge in [0.1, 0.15) is 0 Å². The fourth-order valence-corrected chi connectivity index (χ4v) is 2.53. The molecule has 1 atom stereocenters. The van der Waals surface area contributed by atoms with Crippen molar-refractivity contribution in [3.05, 3.63) is 64.2 Å². The lowest BCUT2D eigenvalue weighted by Crippen LogP contribution is -2.07. The molecule has 0 bridgehead atoms. The van der Waals surface area contributed by atoms with Gasteiger partial charge in [0.15, 0.2) is 0 Å². The summed E-state index contributed by atoms with van der Waals surface area (Å²) in [4.78, 5) is 11.4. The summed E-state index contributed by atoms with van der Waals surface area (Å²) in [6.45, 7) is 2.04. The van der Waals surface area contributed by atoms with Gasteiger partial charge in [0.25, 0.3) is 5.69 Å². The molecule has 20 heavy (non-hydrogen) atoms. The predicted molar refractivity (Wildman–Crippen MR) is 83.4 cm³/mol. The van der Waals surface area contributed by atoms with Gasteiger partial charge in [0, 0.05) is 28.8 Å². The Morgan fingerprint density at radius 1 is 1.15 bits per heavy atom. The molecule has 0 fully saturated rings. The van der Waals surface area contributed by atoms with Crippen molar-refractivity contribution in [3.8, 4) is 0 Å². The number of nitrogens with one attached hydrogen (secondary N) is 1. The lowest BCUT2D eigenvalue weighted by Gasteiger charge is -2.17. The zero-order valence-electron chi connectivity index (χ0n) is 11.4. The number of anilines is 1. The highest BCUT2D eigenvalue weighted by atomic mass is 32.2. The third kappa shape index (κ3) is 3.30. The number of thioether (sulfide) groups is 1. The van der Waals surface area contributed by atoms with E-state index in [1.54, 1.807) is 23.9 Å². The molecular formula is C15H16N2O2S. The smallest absolute Gasteiger partial charge is 0.269 e. The molecule has 104 valence electrons. The SMILES string of the molecule is CSc1ccccc1NC(C)c1ccc([N+](=O)[O-])cc1. The van der Waals surface area contributed by atoms with Crippen molar-refractivity contribution in [1.82, 2.24) is 0 Å². The van der Waals surface area contributed by atoms with Crippen LogP contribution in [0.15, 0.2) is 53.4 Å². The minimum Gasteiger partial charge on any atom is -0.378 e. The lowest BCUT2D eigenvalue weighted by molar-refractivity contribution is -0.384. The first-order valence-corrected chi connectivity index (χ1v) is 7.48. The zero-order valence-corrected chi connectivity index (χ0v) is 12.2. The number of para-hydroxylation sites is 1. The van der Waals surface area contributed by atoms with E-state index in [1.165, 1.54) is 17.0 Å². The first-order chi connectivity index (χ1) is 9.61. The van der Waals surface area contributed by atoms with Gasteiger partial charge >= 0.3 is 0 Å². The Kier molecular flexibility index (Phi) is 4.63. The Balaban J connectivity index is 2.15. The first-order valence-electron chi connectivity index (χ1n) is 6.25. The minimum absolute atomic E-state index is 0.0871. The summed E-state index contributed by atoms with van der Waals surface area (Å²) in [5.74, 6) is 0. The molecule has 0 aliphatic heterocycles. The maximum absolute atomic E-state index is 10.6. The van der Waals surface area contributed by atoms with Crippen LogP contribution < -0.4 is 5.32 Å². The summed E-state index contributed by atoms with van der Waals surface area (Å²) in [6.07, 6.45) is 2.04. The van der Waals surface area contributed by atoms with Crippen LogP contribution in [-0.4, -0.2) is 11.2 Å². The average Bonchev–Trinajstić information content (AvgIpc) is 2.48. The quantitative estimate of drug-likeness (QED) is 0.500. The van der Waals surface area contributed by atoms with Gasteiger partial charge in [-0.1, -0.05) is 24.3 Å². The van der Waals surface area contributed by atoms with Crippen LogP contribution in [0.2, 0.25) is 0 Å². The van der Waals surface area contributed by atoms with Gasteiger partial charge in [0.05, 0.1) is 4.92 Å². The largest absolute Gasteiger partial charge is 0.378 e. The molecule has 2 aromatic rings. The third-order valence-corrected chi connectivity index (χ3v) is 3.88. The highest BCUT2D eigenvalue weighted by Crippen LogP contribution is 2.28. The Labute approximate surface area is 122 Å². The normalized spacial score (nSPS) is 11.9. The van der Waals surface area contributed by atoms with E-state index in [2.05, 4.69) is 11.4 Å². The van der Waals surface area contributed by atoms with E-state index >= 15 is 0 Å². The van der Waals surface area contributed by atoms with Crippen molar-refractivity contribution in [3.63, 3.8) is 0 Å². The number of rotatable bonds is 5. The van der Waals surface area contributed by atoms with Crippen LogP contribution in [0.25, 0.3) is 0 Å². The van der Waals surface area contributed by atoms with Crippen LogP contribution in [0.4, 0.5) is 11.4 Å². The van der Waals surface area contributed by atoms with Gasteiger partial charge < -0.3 is 5.32 Å². The maximum atomic E-state index is 10.6. The van der Waals surface area contributed by atoms with Gasteiger partial charge in [-0.15, -0.1) is 11.8 Å². The van der Waals surface area contributed by atoms with Gasteiger partial charge in [-0.05, 0) is 30.9 Å². The second-order valence-electron chi connectivity index (χ2n) is 4.41. The zero-order chi connectivity index (χ0) is 14.5. The molecule has 0 spiro atoms. The van der Waals surface area contributed by atoms with Crippen molar-refractivity contribution in [2.75, 3.05) is 11.6 Å². The highest BCUT2D eigenvalue weighted by molar-refractivity contribution is 7.98. The number of nitro groups is 1. The number of benzene rings is 2. The van der Waals surface area contributed by atoms with Crippen LogP contribution >= 0.6 is 11.8 Å². The summed E-state index contributed by atoms with van der Waals surface area (Å²) in [6, 6.07) is 14.8. The standard InChI is InChI=1S/C15H16N2O2S/c1-11(12-7-9-13(10-8-12)17(18)19)16-14-5-3-4-6-15(14)20-2/h3-11,16H,1-2H3. The molecule has 0 aliphatic rings. The van der Waals surface area contributed by atoms with E-state index in [0.29, 0.717) is 0 Å². The van der Waals surface area contributed by atoms with Crippen LogP contribution in [0.5, 0.6) is 0 Å². The van der Waals surface area contributed by atoms with E-state index in [4.69, 9.17) is 0 Å². The summed E-state index contributed by atoms with van der Waals surface area (Å²) < 4.78 is 0. The molecule has 0 saturated heterocycles. The number of hydrogen-bond donors (Lipinski definition) is 1. The highest BCUT2D eigenvalue weighted by Gasteiger charge is 2.10. The molecule has 4 nitrogen and oxygen atoms in total. The summed E-state index contributed by atoms with van der Waals surface area (Å²) in [5.41, 5.74) is 2.21. The van der Waals surface area contributed by atoms with E-state index in [9.17, 15) is 10.1 Å². The van der Waals surface area contributed by atoms with Gasteiger partial charge in [-0.2, -0.15) is 0 Å². The van der Waals surface area contributed by atoms with Crippen LogP contribution in [-0.2, 0) is 0 Å². The van der Waals surface area contributed by atoms with Crippen LogP contribution in [0.1, 0.15) is 18.5 Å². The fourth-order valence-electron chi connectivity index (χ4n) is 1.97. The first kappa shape index (κ1) is 14.4. The van der Waals surface area contributed by atoms with Crippen LogP contribution in [0, 0.1) is 10.1 Å². The van der Waals surface area contributed by atoms with Gasteiger partial charge in [0.2, 0.25) is 0 Å². The summed E-state index contributed by atoms with van der Waals surface area (Å²) in [5, 5.41) is 14.1. The molecule has 0 aliphatic carbocycles. The van der Waals surface area contributed by atoms with Crippen molar-refractivity contribution in [2.24, 2.45) is 0 Å². The van der Waals surface area contributed by atoms with E-state index in [0.717, 1.165) is 11.3 Å². The van der Waals surface area contributed by atoms with E-state index < -0.39 is 0 Å². The van der Waals surface area contributed by atoms with E-state index in [-0.39, 0.29) is 16.7 Å². The van der Waals surface area contributed by atoms with Crippen molar-refractivity contribution in [1.29, 1.82) is 0 Å². The number of non-ortho nitro benzene ring substituents is 1. The molecule has 2 rings (SSSR count). The molecular weight excluding hydrogens is 272 g/mol. The molecule has 1 N–H and O–H groups in total. The molecule has 1 unspecified atom stereocenters. The molecule has 0 aromatic heterocycles.